The minimum atomic E-state index is -1.74. The molecule has 8 N–H and O–H groups in total. The van der Waals surface area contributed by atoms with Crippen molar-refractivity contribution < 1.29 is 55.1 Å². The highest BCUT2D eigenvalue weighted by Gasteiger charge is 2.50. The van der Waals surface area contributed by atoms with E-state index < -0.39 is 74.6 Å². The van der Waals surface area contributed by atoms with Gasteiger partial charge in [0.2, 0.25) is 0 Å². The maximum atomic E-state index is 9.94. The van der Waals surface area contributed by atoms with Gasteiger partial charge in [0.05, 0.1) is 13.2 Å². The topological polar surface area (TPSA) is 190 Å². The third kappa shape index (κ3) is 3.65. The van der Waals surface area contributed by atoms with Gasteiger partial charge in [-0.1, -0.05) is 0 Å². The van der Waals surface area contributed by atoms with E-state index in [4.69, 9.17) is 19.3 Å². The lowest BCUT2D eigenvalue weighted by Crippen LogP contribution is -2.64. The first-order chi connectivity index (χ1) is 10.8. The summed E-state index contributed by atoms with van der Waals surface area (Å²) in [6.45, 7) is -1.35. The smallest absolute Gasteiger partial charge is 0.187 e. The maximum Gasteiger partial charge on any atom is 0.187 e. The summed E-state index contributed by atoms with van der Waals surface area (Å²) in [6.07, 6.45) is -15.6. The normalized spacial score (nSPS) is 51.7. The van der Waals surface area contributed by atoms with Crippen molar-refractivity contribution in [3.63, 3.8) is 0 Å². The lowest BCUT2D eigenvalue weighted by Gasteiger charge is -2.45. The predicted molar refractivity (Wildman–Crippen MR) is 68.6 cm³/mol. The average molecular weight is 342 g/mol. The molecular weight excluding hydrogens is 320 g/mol. The first kappa shape index (κ1) is 18.9. The molecule has 0 aromatic heterocycles. The van der Waals surface area contributed by atoms with Crippen LogP contribution in [0, 0.1) is 0 Å². The number of rotatable bonds is 4. The molecule has 0 bridgehead atoms. The van der Waals surface area contributed by atoms with Crippen LogP contribution in [0.3, 0.4) is 0 Å². The van der Waals surface area contributed by atoms with E-state index in [9.17, 15) is 35.7 Å². The van der Waals surface area contributed by atoms with Gasteiger partial charge in [-0.3, -0.25) is 0 Å². The molecule has 0 saturated carbocycles. The molecule has 0 radical (unpaired) electrons. The lowest BCUT2D eigenvalue weighted by molar-refractivity contribution is -0.355. The summed E-state index contributed by atoms with van der Waals surface area (Å²) in [4.78, 5) is 0. The Kier molecular flexibility index (Phi) is 6.27. The Labute approximate surface area is 130 Å². The summed E-state index contributed by atoms with van der Waals surface area (Å²) in [6, 6.07) is 0. The van der Waals surface area contributed by atoms with Crippen LogP contribution in [-0.4, -0.2) is 115 Å². The van der Waals surface area contributed by atoms with Crippen LogP contribution in [0.4, 0.5) is 0 Å². The third-order valence-corrected chi connectivity index (χ3v) is 3.98. The van der Waals surface area contributed by atoms with Gasteiger partial charge in [0.15, 0.2) is 12.6 Å². The zero-order chi connectivity index (χ0) is 17.3. The molecule has 11 nitrogen and oxygen atoms in total. The minimum absolute atomic E-state index is 0.667. The second-order valence-corrected chi connectivity index (χ2v) is 5.53. The van der Waals surface area contributed by atoms with Gasteiger partial charge in [-0.2, -0.15) is 0 Å². The highest BCUT2D eigenvalue weighted by molar-refractivity contribution is 4.93. The molecule has 0 aromatic carbocycles. The molecule has 2 heterocycles. The quantitative estimate of drug-likeness (QED) is 0.243. The summed E-state index contributed by atoms with van der Waals surface area (Å²) >= 11 is 0. The Hall–Kier alpha value is -0.440. The molecule has 2 fully saturated rings. The van der Waals surface area contributed by atoms with Gasteiger partial charge in [0, 0.05) is 0 Å². The predicted octanol–water partition coefficient (Wildman–Crippen LogP) is -5.40. The minimum Gasteiger partial charge on any atom is -0.394 e. The Balaban J connectivity index is 2.11. The third-order valence-electron chi connectivity index (χ3n) is 3.98. The summed E-state index contributed by atoms with van der Waals surface area (Å²) in [7, 11) is 0. The van der Waals surface area contributed by atoms with E-state index in [-0.39, 0.29) is 0 Å². The van der Waals surface area contributed by atoms with Crippen LogP contribution in [0.2, 0.25) is 0 Å². The van der Waals surface area contributed by atoms with Crippen molar-refractivity contribution in [2.75, 3.05) is 13.2 Å². The van der Waals surface area contributed by atoms with Crippen molar-refractivity contribution in [3.8, 4) is 0 Å². The Morgan fingerprint density at radius 3 is 1.83 bits per heavy atom. The van der Waals surface area contributed by atoms with Gasteiger partial charge in [0.1, 0.15) is 48.8 Å². The summed E-state index contributed by atoms with van der Waals surface area (Å²) in [5, 5.41) is 76.5. The van der Waals surface area contributed by atoms with E-state index in [2.05, 4.69) is 0 Å². The van der Waals surface area contributed by atoms with E-state index in [1.807, 2.05) is 0 Å². The van der Waals surface area contributed by atoms with Crippen LogP contribution in [-0.2, 0) is 14.2 Å². The van der Waals surface area contributed by atoms with Gasteiger partial charge in [0.25, 0.3) is 0 Å². The van der Waals surface area contributed by atoms with Gasteiger partial charge in [-0.25, -0.2) is 0 Å². The number of aliphatic hydroxyl groups excluding tert-OH is 8. The number of aliphatic hydroxyl groups is 8. The van der Waals surface area contributed by atoms with Crippen LogP contribution in [0.25, 0.3) is 0 Å². The number of hydrogen-bond donors (Lipinski definition) is 8. The van der Waals surface area contributed by atoms with E-state index in [1.165, 1.54) is 0 Å². The standard InChI is InChI=1S/C12H22O11/c13-1-3-5(15)6(16)9(19)12(22-3)23-10-4(2-14)21-11(20)8(18)7(10)17/h3-20H,1-2H2/t3-,4-,5-,6-,7-,8+,9+,10+,11-,12+/m0/s1. The van der Waals surface area contributed by atoms with Crippen LogP contribution >= 0.6 is 0 Å². The molecule has 2 saturated heterocycles. The highest BCUT2D eigenvalue weighted by Crippen LogP contribution is 2.28. The van der Waals surface area contributed by atoms with Crippen LogP contribution in [0.1, 0.15) is 0 Å². The molecule has 10 atom stereocenters. The second kappa shape index (κ2) is 7.63. The van der Waals surface area contributed by atoms with E-state index in [1.54, 1.807) is 0 Å². The summed E-state index contributed by atoms with van der Waals surface area (Å²) in [5.74, 6) is 0. The van der Waals surface area contributed by atoms with Crippen LogP contribution in [0.5, 0.6) is 0 Å². The molecule has 0 aliphatic carbocycles. The zero-order valence-electron chi connectivity index (χ0n) is 12.0. The van der Waals surface area contributed by atoms with Crippen LogP contribution < -0.4 is 0 Å². The van der Waals surface area contributed by atoms with Gasteiger partial charge in [-0.05, 0) is 0 Å². The van der Waals surface area contributed by atoms with Crippen molar-refractivity contribution in [2.45, 2.75) is 61.4 Å². The zero-order valence-corrected chi connectivity index (χ0v) is 12.0. The van der Waals surface area contributed by atoms with E-state index in [0.717, 1.165) is 0 Å². The SMILES string of the molecule is OC[C@@H]1O[C@H](O[C@H]2[C@@H](O)[C@@H](O)[C@@H](O)O[C@H]2CO)[C@H](O)[C@@H](O)[C@H]1O. The molecule has 136 valence electrons. The molecule has 0 amide bonds. The molecule has 2 rings (SSSR count). The van der Waals surface area contributed by atoms with Gasteiger partial charge >= 0.3 is 0 Å². The van der Waals surface area contributed by atoms with Crippen molar-refractivity contribution in [1.29, 1.82) is 0 Å². The molecular formula is C12H22O11. The van der Waals surface area contributed by atoms with Crippen molar-refractivity contribution >= 4 is 0 Å². The van der Waals surface area contributed by atoms with Gasteiger partial charge < -0.3 is 55.1 Å². The fourth-order valence-corrected chi connectivity index (χ4v) is 2.57. The monoisotopic (exact) mass is 342 g/mol. The summed E-state index contributed by atoms with van der Waals surface area (Å²) < 4.78 is 15.3. The van der Waals surface area contributed by atoms with Crippen LogP contribution in [0.15, 0.2) is 0 Å². The Morgan fingerprint density at radius 1 is 0.652 bits per heavy atom. The van der Waals surface area contributed by atoms with E-state index >= 15 is 0 Å². The molecule has 2 aliphatic heterocycles. The number of hydrogen-bond acceptors (Lipinski definition) is 11. The van der Waals surface area contributed by atoms with Crippen molar-refractivity contribution in [1.82, 2.24) is 0 Å². The Bertz CT molecular complexity index is 378. The first-order valence-corrected chi connectivity index (χ1v) is 7.08. The molecule has 23 heavy (non-hydrogen) atoms. The summed E-state index contributed by atoms with van der Waals surface area (Å²) in [5.41, 5.74) is 0. The lowest BCUT2D eigenvalue weighted by atomic mass is 9.97. The largest absolute Gasteiger partial charge is 0.394 e. The van der Waals surface area contributed by atoms with Crippen molar-refractivity contribution in [3.05, 3.63) is 0 Å². The average Bonchev–Trinajstić information content (AvgIpc) is 2.55. The molecule has 0 unspecified atom stereocenters. The molecule has 11 heteroatoms. The Morgan fingerprint density at radius 2 is 1.26 bits per heavy atom. The molecule has 0 spiro atoms. The molecule has 0 aromatic rings. The number of ether oxygens (including phenoxy) is 3. The van der Waals surface area contributed by atoms with Gasteiger partial charge in [-0.15, -0.1) is 0 Å². The molecule has 2 aliphatic rings. The fraction of sp³-hybridized carbons (Fsp3) is 1.00. The second-order valence-electron chi connectivity index (χ2n) is 5.53. The maximum absolute atomic E-state index is 9.94. The van der Waals surface area contributed by atoms with E-state index in [0.29, 0.717) is 0 Å². The fourth-order valence-electron chi connectivity index (χ4n) is 2.57. The first-order valence-electron chi connectivity index (χ1n) is 7.08. The van der Waals surface area contributed by atoms with Crippen molar-refractivity contribution in [2.24, 2.45) is 0 Å². The highest BCUT2D eigenvalue weighted by atomic mass is 16.7.